The van der Waals surface area contributed by atoms with Gasteiger partial charge in [0, 0.05) is 16.7 Å². The molecule has 2 amide bonds. The number of aryl methyl sites for hydroxylation is 3. The van der Waals surface area contributed by atoms with E-state index in [0.717, 1.165) is 27.3 Å². The van der Waals surface area contributed by atoms with Crippen LogP contribution >= 0.6 is 0 Å². The maximum atomic E-state index is 13.2. The molecule has 0 atom stereocenters. The zero-order chi connectivity index (χ0) is 19.6. The fourth-order valence-corrected chi connectivity index (χ4v) is 2.86. The Kier molecular flexibility index (Phi) is 5.67. The molecule has 4 nitrogen and oxygen atoms in total. The van der Waals surface area contributed by atoms with Crippen molar-refractivity contribution < 1.29 is 9.59 Å². The van der Waals surface area contributed by atoms with Gasteiger partial charge in [0.05, 0.1) is 0 Å². The van der Waals surface area contributed by atoms with Crippen LogP contribution in [0.1, 0.15) is 63.7 Å². The average Bonchev–Trinajstić information content (AvgIpc) is 2.52. The molecule has 1 N–H and O–H groups in total. The Morgan fingerprint density at radius 3 is 2.00 bits per heavy atom. The largest absolute Gasteiger partial charge is 0.275 e. The topological polar surface area (TPSA) is 49.4 Å². The van der Waals surface area contributed by atoms with Crippen molar-refractivity contribution >= 4 is 11.8 Å². The second-order valence-corrected chi connectivity index (χ2v) is 7.93. The van der Waals surface area contributed by atoms with Gasteiger partial charge in [0.2, 0.25) is 0 Å². The Morgan fingerprint density at radius 2 is 1.46 bits per heavy atom. The lowest BCUT2D eigenvalue weighted by Crippen LogP contribution is -2.55. The molecule has 26 heavy (non-hydrogen) atoms. The summed E-state index contributed by atoms with van der Waals surface area (Å²) in [5.41, 5.74) is 7.53. The van der Waals surface area contributed by atoms with Gasteiger partial charge < -0.3 is 0 Å². The lowest BCUT2D eigenvalue weighted by atomic mass is 10.0. The van der Waals surface area contributed by atoms with Crippen LogP contribution in [-0.4, -0.2) is 22.4 Å². The summed E-state index contributed by atoms with van der Waals surface area (Å²) in [5, 5.41) is 1.15. The summed E-state index contributed by atoms with van der Waals surface area (Å²) in [7, 11) is 0. The molecule has 0 aromatic heterocycles. The Hall–Kier alpha value is -2.46. The molecule has 2 aromatic rings. The van der Waals surface area contributed by atoms with E-state index in [0.29, 0.717) is 11.1 Å². The summed E-state index contributed by atoms with van der Waals surface area (Å²) in [4.78, 5) is 26.4. The molecule has 0 heterocycles. The van der Waals surface area contributed by atoms with E-state index in [9.17, 15) is 9.59 Å². The Bertz CT molecular complexity index is 827. The van der Waals surface area contributed by atoms with Crippen LogP contribution in [0.15, 0.2) is 36.4 Å². The molecule has 2 rings (SSSR count). The molecule has 0 saturated heterocycles. The van der Waals surface area contributed by atoms with E-state index in [4.69, 9.17) is 0 Å². The standard InChI is InChI=1S/C22H28N2O2/c1-14-11-15(2)13-18(12-14)20(25)24(23-22(5,6)7)21(26)19-10-8-9-16(3)17(19)4/h8-13,23H,1-7H3. The van der Waals surface area contributed by atoms with Crippen molar-refractivity contribution in [1.29, 1.82) is 0 Å². The molecule has 0 unspecified atom stereocenters. The highest BCUT2D eigenvalue weighted by molar-refractivity contribution is 6.10. The van der Waals surface area contributed by atoms with Crippen LogP contribution in [0.25, 0.3) is 0 Å². The lowest BCUT2D eigenvalue weighted by Gasteiger charge is -2.30. The summed E-state index contributed by atoms with van der Waals surface area (Å²) < 4.78 is 0. The van der Waals surface area contributed by atoms with Crippen molar-refractivity contribution in [3.05, 3.63) is 69.8 Å². The average molecular weight is 352 g/mol. The molecular formula is C22H28N2O2. The highest BCUT2D eigenvalue weighted by Gasteiger charge is 2.29. The fraction of sp³-hybridized carbons (Fsp3) is 0.364. The molecule has 0 spiro atoms. The van der Waals surface area contributed by atoms with Crippen LogP contribution in [0.2, 0.25) is 0 Å². The predicted octanol–water partition coefficient (Wildman–Crippen LogP) is 4.51. The third-order valence-corrected chi connectivity index (χ3v) is 4.16. The number of nitrogens with zero attached hydrogens (tertiary/aromatic N) is 1. The third kappa shape index (κ3) is 4.58. The number of amides is 2. The molecule has 0 saturated carbocycles. The van der Waals surface area contributed by atoms with Crippen molar-refractivity contribution in [1.82, 2.24) is 10.4 Å². The van der Waals surface area contributed by atoms with Crippen LogP contribution in [-0.2, 0) is 0 Å². The SMILES string of the molecule is Cc1cc(C)cc(C(=O)N(NC(C)(C)C)C(=O)c2cccc(C)c2C)c1. The van der Waals surface area contributed by atoms with Gasteiger partial charge in [-0.2, -0.15) is 0 Å². The highest BCUT2D eigenvalue weighted by atomic mass is 16.2. The second-order valence-electron chi connectivity index (χ2n) is 7.93. The summed E-state index contributed by atoms with van der Waals surface area (Å²) in [6.07, 6.45) is 0. The maximum Gasteiger partial charge on any atom is 0.275 e. The molecule has 138 valence electrons. The molecular weight excluding hydrogens is 324 g/mol. The first-order chi connectivity index (χ1) is 12.0. The van der Waals surface area contributed by atoms with E-state index >= 15 is 0 Å². The molecule has 0 aliphatic carbocycles. The molecule has 0 bridgehead atoms. The molecule has 0 radical (unpaired) electrons. The predicted molar refractivity (Wildman–Crippen MR) is 105 cm³/mol. The van der Waals surface area contributed by atoms with E-state index in [1.54, 1.807) is 6.07 Å². The van der Waals surface area contributed by atoms with E-state index in [-0.39, 0.29) is 11.8 Å². The zero-order valence-electron chi connectivity index (χ0n) is 16.7. The van der Waals surface area contributed by atoms with Gasteiger partial charge in [-0.1, -0.05) is 29.3 Å². The Morgan fingerprint density at radius 1 is 0.885 bits per heavy atom. The van der Waals surface area contributed by atoms with Gasteiger partial charge in [0.25, 0.3) is 11.8 Å². The second kappa shape index (κ2) is 7.42. The smallest absolute Gasteiger partial charge is 0.267 e. The number of carbonyl (C=O) groups excluding carboxylic acids is 2. The number of benzene rings is 2. The summed E-state index contributed by atoms with van der Waals surface area (Å²) in [6.45, 7) is 13.5. The summed E-state index contributed by atoms with van der Waals surface area (Å²) in [6, 6.07) is 11.2. The molecule has 4 heteroatoms. The van der Waals surface area contributed by atoms with Crippen molar-refractivity contribution in [3.8, 4) is 0 Å². The van der Waals surface area contributed by atoms with Gasteiger partial charge in [0.15, 0.2) is 0 Å². The number of rotatable bonds is 3. The first kappa shape index (κ1) is 19.9. The minimum absolute atomic E-state index is 0.342. The van der Waals surface area contributed by atoms with E-state index in [1.165, 1.54) is 0 Å². The van der Waals surface area contributed by atoms with Gasteiger partial charge >= 0.3 is 0 Å². The van der Waals surface area contributed by atoms with Crippen LogP contribution < -0.4 is 5.43 Å². The van der Waals surface area contributed by atoms with Gasteiger partial charge in [-0.3, -0.25) is 9.59 Å². The number of hydrazine groups is 1. The van der Waals surface area contributed by atoms with E-state index in [1.807, 2.05) is 78.8 Å². The highest BCUT2D eigenvalue weighted by Crippen LogP contribution is 2.18. The van der Waals surface area contributed by atoms with Crippen molar-refractivity contribution in [3.63, 3.8) is 0 Å². The van der Waals surface area contributed by atoms with Crippen LogP contribution in [0.3, 0.4) is 0 Å². The number of nitrogens with one attached hydrogen (secondary N) is 1. The minimum Gasteiger partial charge on any atom is -0.267 e. The maximum absolute atomic E-state index is 13.2. The summed E-state index contributed by atoms with van der Waals surface area (Å²) in [5.74, 6) is -0.692. The molecule has 0 fully saturated rings. The normalized spacial score (nSPS) is 11.3. The molecule has 0 aliphatic rings. The van der Waals surface area contributed by atoms with Crippen LogP contribution in [0, 0.1) is 27.7 Å². The fourth-order valence-electron chi connectivity index (χ4n) is 2.86. The quantitative estimate of drug-likeness (QED) is 0.653. The number of hydrogen-bond donors (Lipinski definition) is 1. The van der Waals surface area contributed by atoms with Crippen molar-refractivity contribution in [2.24, 2.45) is 0 Å². The monoisotopic (exact) mass is 352 g/mol. The first-order valence-corrected chi connectivity index (χ1v) is 8.81. The molecule has 0 aliphatic heterocycles. The first-order valence-electron chi connectivity index (χ1n) is 8.81. The Balaban J connectivity index is 2.50. The number of hydrogen-bond acceptors (Lipinski definition) is 3. The van der Waals surface area contributed by atoms with Gasteiger partial charge in [-0.05, 0) is 77.8 Å². The lowest BCUT2D eigenvalue weighted by molar-refractivity contribution is 0.0451. The van der Waals surface area contributed by atoms with Gasteiger partial charge in [-0.15, -0.1) is 0 Å². The number of imide groups is 1. The minimum atomic E-state index is -0.443. The van der Waals surface area contributed by atoms with Gasteiger partial charge in [0.1, 0.15) is 0 Å². The van der Waals surface area contributed by atoms with Gasteiger partial charge in [-0.25, -0.2) is 10.4 Å². The van der Waals surface area contributed by atoms with Crippen molar-refractivity contribution in [2.75, 3.05) is 0 Å². The zero-order valence-corrected chi connectivity index (χ0v) is 16.7. The van der Waals surface area contributed by atoms with E-state index < -0.39 is 5.54 Å². The van der Waals surface area contributed by atoms with Crippen molar-refractivity contribution in [2.45, 2.75) is 54.0 Å². The van der Waals surface area contributed by atoms with Crippen LogP contribution in [0.4, 0.5) is 0 Å². The van der Waals surface area contributed by atoms with E-state index in [2.05, 4.69) is 5.43 Å². The van der Waals surface area contributed by atoms with Crippen LogP contribution in [0.5, 0.6) is 0 Å². The summed E-state index contributed by atoms with van der Waals surface area (Å²) >= 11 is 0. The Labute approximate surface area is 156 Å². The number of carbonyl (C=O) groups is 2. The molecule has 2 aromatic carbocycles. The third-order valence-electron chi connectivity index (χ3n) is 4.16.